The highest BCUT2D eigenvalue weighted by molar-refractivity contribution is 5.85. The molecule has 1 N–H and O–H groups in total. The third kappa shape index (κ3) is 5.98. The molecule has 2 unspecified atom stereocenters. The van der Waals surface area contributed by atoms with Crippen LogP contribution in [0.25, 0.3) is 0 Å². The second kappa shape index (κ2) is 11.1. The van der Waals surface area contributed by atoms with Gasteiger partial charge in [-0.15, -0.1) is 12.4 Å². The number of fused-ring (bicyclic) bond motifs is 1. The molecule has 0 saturated heterocycles. The Bertz CT molecular complexity index is 751. The molecular formula is C23H30ClNO3. The predicted molar refractivity (Wildman–Crippen MR) is 114 cm³/mol. The SMILES string of the molecule is CCOC(=O)C(CC)Oc1ccc2c(c1)CC(NCc1ccccc1)CC2.Cl. The van der Waals surface area contributed by atoms with Gasteiger partial charge < -0.3 is 14.8 Å². The lowest BCUT2D eigenvalue weighted by atomic mass is 9.88. The van der Waals surface area contributed by atoms with Crippen LogP contribution in [0.3, 0.4) is 0 Å². The van der Waals surface area contributed by atoms with Crippen molar-refractivity contribution in [3.8, 4) is 5.75 Å². The first-order chi connectivity index (χ1) is 13.2. The van der Waals surface area contributed by atoms with Crippen molar-refractivity contribution in [1.82, 2.24) is 5.32 Å². The van der Waals surface area contributed by atoms with E-state index in [2.05, 4.69) is 41.7 Å². The number of esters is 1. The lowest BCUT2D eigenvalue weighted by Crippen LogP contribution is -2.34. The quantitative estimate of drug-likeness (QED) is 0.660. The van der Waals surface area contributed by atoms with Crippen molar-refractivity contribution in [3.05, 3.63) is 65.2 Å². The number of rotatable bonds is 8. The summed E-state index contributed by atoms with van der Waals surface area (Å²) in [5, 5.41) is 3.67. The molecule has 0 bridgehead atoms. The number of nitrogens with one attached hydrogen (secondary N) is 1. The van der Waals surface area contributed by atoms with Crippen molar-refractivity contribution >= 4 is 18.4 Å². The van der Waals surface area contributed by atoms with Crippen LogP contribution in [0.15, 0.2) is 48.5 Å². The Kier molecular flexibility index (Phi) is 8.81. The van der Waals surface area contributed by atoms with Crippen LogP contribution < -0.4 is 10.1 Å². The third-order valence-corrected chi connectivity index (χ3v) is 5.04. The van der Waals surface area contributed by atoms with Crippen LogP contribution in [-0.2, 0) is 28.9 Å². The summed E-state index contributed by atoms with van der Waals surface area (Å²) in [6, 6.07) is 17.1. The number of carbonyl (C=O) groups excluding carboxylic acids is 1. The molecule has 0 aliphatic heterocycles. The fourth-order valence-electron chi connectivity index (χ4n) is 3.54. The number of carbonyl (C=O) groups is 1. The zero-order valence-electron chi connectivity index (χ0n) is 16.6. The molecular weight excluding hydrogens is 374 g/mol. The van der Waals surface area contributed by atoms with E-state index in [0.717, 1.165) is 31.6 Å². The standard InChI is InChI=1S/C23H29NO3.ClH/c1-3-22(23(25)26-4-2)27-21-13-11-18-10-12-20(14-19(18)15-21)24-16-17-8-6-5-7-9-17;/h5-9,11,13,15,20,22,24H,3-4,10,12,14,16H2,1-2H3;1H. The van der Waals surface area contributed by atoms with E-state index >= 15 is 0 Å². The van der Waals surface area contributed by atoms with E-state index in [1.807, 2.05) is 26.0 Å². The van der Waals surface area contributed by atoms with Gasteiger partial charge in [0, 0.05) is 12.6 Å². The average molecular weight is 404 g/mol. The van der Waals surface area contributed by atoms with Gasteiger partial charge in [0.25, 0.3) is 0 Å². The van der Waals surface area contributed by atoms with E-state index in [0.29, 0.717) is 19.1 Å². The molecule has 152 valence electrons. The number of hydrogen-bond acceptors (Lipinski definition) is 4. The fourth-order valence-corrected chi connectivity index (χ4v) is 3.54. The van der Waals surface area contributed by atoms with Crippen LogP contribution in [0.2, 0.25) is 0 Å². The Hall–Kier alpha value is -2.04. The molecule has 3 rings (SSSR count). The lowest BCUT2D eigenvalue weighted by molar-refractivity contribution is -0.151. The highest BCUT2D eigenvalue weighted by Gasteiger charge is 2.22. The number of aryl methyl sites for hydroxylation is 1. The molecule has 0 saturated carbocycles. The van der Waals surface area contributed by atoms with Crippen molar-refractivity contribution in [2.75, 3.05) is 6.61 Å². The molecule has 1 aliphatic rings. The Morgan fingerprint density at radius 3 is 2.64 bits per heavy atom. The molecule has 5 heteroatoms. The van der Waals surface area contributed by atoms with Gasteiger partial charge in [0.05, 0.1) is 6.61 Å². The molecule has 28 heavy (non-hydrogen) atoms. The van der Waals surface area contributed by atoms with E-state index < -0.39 is 6.10 Å². The van der Waals surface area contributed by atoms with Crippen LogP contribution in [0.1, 0.15) is 43.4 Å². The molecule has 0 aromatic heterocycles. The van der Waals surface area contributed by atoms with Gasteiger partial charge >= 0.3 is 5.97 Å². The van der Waals surface area contributed by atoms with Crippen molar-refractivity contribution in [3.63, 3.8) is 0 Å². The summed E-state index contributed by atoms with van der Waals surface area (Å²) in [5.41, 5.74) is 3.99. The number of ether oxygens (including phenoxy) is 2. The Morgan fingerprint density at radius 1 is 1.14 bits per heavy atom. The normalized spacial score (nSPS) is 16.4. The van der Waals surface area contributed by atoms with E-state index in [1.165, 1.54) is 16.7 Å². The van der Waals surface area contributed by atoms with Gasteiger partial charge in [-0.25, -0.2) is 4.79 Å². The van der Waals surface area contributed by atoms with E-state index in [4.69, 9.17) is 9.47 Å². The predicted octanol–water partition coefficient (Wildman–Crippen LogP) is 4.48. The largest absolute Gasteiger partial charge is 0.479 e. The summed E-state index contributed by atoms with van der Waals surface area (Å²) in [7, 11) is 0. The minimum absolute atomic E-state index is 0. The van der Waals surface area contributed by atoms with Crippen molar-refractivity contribution in [2.45, 2.75) is 58.2 Å². The summed E-state index contributed by atoms with van der Waals surface area (Å²) >= 11 is 0. The molecule has 0 spiro atoms. The smallest absolute Gasteiger partial charge is 0.347 e. The number of benzene rings is 2. The lowest BCUT2D eigenvalue weighted by Gasteiger charge is -2.26. The van der Waals surface area contributed by atoms with E-state index in [1.54, 1.807) is 0 Å². The van der Waals surface area contributed by atoms with Gasteiger partial charge in [-0.3, -0.25) is 0 Å². The molecule has 0 amide bonds. The van der Waals surface area contributed by atoms with E-state index in [9.17, 15) is 4.79 Å². The Balaban J connectivity index is 0.00000280. The fraction of sp³-hybridized carbons (Fsp3) is 0.435. The molecule has 2 aromatic rings. The van der Waals surface area contributed by atoms with Crippen molar-refractivity contribution < 1.29 is 14.3 Å². The summed E-state index contributed by atoms with van der Waals surface area (Å²) in [6.45, 7) is 5.01. The third-order valence-electron chi connectivity index (χ3n) is 5.04. The summed E-state index contributed by atoms with van der Waals surface area (Å²) < 4.78 is 11.0. The number of hydrogen-bond donors (Lipinski definition) is 1. The molecule has 1 aliphatic carbocycles. The molecule has 0 radical (unpaired) electrons. The first-order valence-electron chi connectivity index (χ1n) is 9.92. The maximum absolute atomic E-state index is 12.0. The second-order valence-electron chi connectivity index (χ2n) is 7.00. The topological polar surface area (TPSA) is 47.6 Å². The van der Waals surface area contributed by atoms with Crippen LogP contribution in [0.5, 0.6) is 5.75 Å². The van der Waals surface area contributed by atoms with Gasteiger partial charge in [-0.2, -0.15) is 0 Å². The Labute approximate surface area is 174 Å². The maximum Gasteiger partial charge on any atom is 0.347 e. The van der Waals surface area contributed by atoms with Crippen LogP contribution in [0, 0.1) is 0 Å². The van der Waals surface area contributed by atoms with Crippen LogP contribution in [-0.4, -0.2) is 24.7 Å². The maximum atomic E-state index is 12.0. The van der Waals surface area contributed by atoms with Crippen LogP contribution in [0.4, 0.5) is 0 Å². The zero-order valence-corrected chi connectivity index (χ0v) is 17.5. The highest BCUT2D eigenvalue weighted by Crippen LogP contribution is 2.27. The Morgan fingerprint density at radius 2 is 1.93 bits per heavy atom. The second-order valence-corrected chi connectivity index (χ2v) is 7.00. The molecule has 2 aromatic carbocycles. The van der Waals surface area contributed by atoms with E-state index in [-0.39, 0.29) is 18.4 Å². The molecule has 0 heterocycles. The molecule has 4 nitrogen and oxygen atoms in total. The first-order valence-corrected chi connectivity index (χ1v) is 9.92. The summed E-state index contributed by atoms with van der Waals surface area (Å²) in [4.78, 5) is 12.0. The number of halogens is 1. The average Bonchev–Trinajstić information content (AvgIpc) is 2.71. The minimum atomic E-state index is -0.543. The summed E-state index contributed by atoms with van der Waals surface area (Å²) in [5.74, 6) is 0.456. The highest BCUT2D eigenvalue weighted by atomic mass is 35.5. The molecule has 2 atom stereocenters. The first kappa shape index (κ1) is 22.3. The van der Waals surface area contributed by atoms with Crippen molar-refractivity contribution in [2.24, 2.45) is 0 Å². The van der Waals surface area contributed by atoms with Gasteiger partial charge in [0.15, 0.2) is 6.10 Å². The monoisotopic (exact) mass is 403 g/mol. The van der Waals surface area contributed by atoms with Gasteiger partial charge in [0.2, 0.25) is 0 Å². The van der Waals surface area contributed by atoms with Gasteiger partial charge in [-0.05, 0) is 61.4 Å². The van der Waals surface area contributed by atoms with Crippen molar-refractivity contribution in [1.29, 1.82) is 0 Å². The van der Waals surface area contributed by atoms with Crippen LogP contribution >= 0.6 is 12.4 Å². The minimum Gasteiger partial charge on any atom is -0.479 e. The summed E-state index contributed by atoms with van der Waals surface area (Å²) in [6.07, 6.45) is 3.24. The molecule has 0 fully saturated rings. The van der Waals surface area contributed by atoms with Gasteiger partial charge in [0.1, 0.15) is 5.75 Å². The zero-order chi connectivity index (χ0) is 19.1. The van der Waals surface area contributed by atoms with Gasteiger partial charge in [-0.1, -0.05) is 43.3 Å².